The topological polar surface area (TPSA) is 26.3 Å². The van der Waals surface area contributed by atoms with Crippen molar-refractivity contribution in [2.75, 3.05) is 7.11 Å². The Labute approximate surface area is 84.2 Å². The molecule has 0 radical (unpaired) electrons. The molecule has 0 atom stereocenters. The lowest BCUT2D eigenvalue weighted by molar-refractivity contribution is -0.114. The third-order valence-corrected chi connectivity index (χ3v) is 1.97. The summed E-state index contributed by atoms with van der Waals surface area (Å²) in [4.78, 5) is 11.4. The highest BCUT2D eigenvalue weighted by atomic mass is 16.5. The first-order valence-electron chi connectivity index (χ1n) is 4.45. The van der Waals surface area contributed by atoms with Crippen molar-refractivity contribution in [3.8, 4) is 5.75 Å². The number of rotatable bonds is 4. The lowest BCUT2D eigenvalue weighted by Crippen LogP contribution is -2.02. The summed E-state index contributed by atoms with van der Waals surface area (Å²) < 4.78 is 5.06. The molecule has 14 heavy (non-hydrogen) atoms. The zero-order chi connectivity index (χ0) is 10.6. The molecule has 0 fully saturated rings. The second kappa shape index (κ2) is 4.61. The van der Waals surface area contributed by atoms with Crippen LogP contribution in [-0.4, -0.2) is 12.9 Å². The predicted octanol–water partition coefficient (Wildman–Crippen LogP) is 2.38. The van der Waals surface area contributed by atoms with Gasteiger partial charge >= 0.3 is 0 Å². The molecule has 2 heteroatoms. The van der Waals surface area contributed by atoms with Crippen molar-refractivity contribution < 1.29 is 9.53 Å². The number of hydrogen-bond donors (Lipinski definition) is 0. The Morgan fingerprint density at radius 2 is 2.21 bits per heavy atom. The molecule has 0 aliphatic carbocycles. The fourth-order valence-electron chi connectivity index (χ4n) is 1.12. The Balaban J connectivity index is 2.76. The molecular formula is C12H14O2. The van der Waals surface area contributed by atoms with E-state index >= 15 is 0 Å². The zero-order valence-electron chi connectivity index (χ0n) is 8.54. The first-order chi connectivity index (χ1) is 6.63. The van der Waals surface area contributed by atoms with Crippen molar-refractivity contribution in [2.45, 2.75) is 13.3 Å². The van der Waals surface area contributed by atoms with Crippen LogP contribution in [0.5, 0.6) is 5.75 Å². The van der Waals surface area contributed by atoms with Gasteiger partial charge in [0.25, 0.3) is 0 Å². The largest absolute Gasteiger partial charge is 0.497 e. The fraction of sp³-hybridized carbons (Fsp3) is 0.250. The Morgan fingerprint density at radius 3 is 2.79 bits per heavy atom. The minimum atomic E-state index is 0.0678. The molecule has 1 aromatic carbocycles. The van der Waals surface area contributed by atoms with Gasteiger partial charge in [0.05, 0.1) is 7.11 Å². The van der Waals surface area contributed by atoms with Gasteiger partial charge in [0, 0.05) is 6.42 Å². The van der Waals surface area contributed by atoms with E-state index in [0.29, 0.717) is 12.0 Å². The summed E-state index contributed by atoms with van der Waals surface area (Å²) in [7, 11) is 1.61. The van der Waals surface area contributed by atoms with Crippen LogP contribution in [0.4, 0.5) is 0 Å². The molecular weight excluding hydrogens is 176 g/mol. The van der Waals surface area contributed by atoms with Crippen LogP contribution in [0.3, 0.4) is 0 Å². The Kier molecular flexibility index (Phi) is 3.46. The van der Waals surface area contributed by atoms with E-state index in [2.05, 4.69) is 6.58 Å². The fourth-order valence-corrected chi connectivity index (χ4v) is 1.12. The van der Waals surface area contributed by atoms with Gasteiger partial charge in [-0.05, 0) is 30.2 Å². The average Bonchev–Trinajstić information content (AvgIpc) is 2.18. The van der Waals surface area contributed by atoms with Gasteiger partial charge in [-0.2, -0.15) is 0 Å². The van der Waals surface area contributed by atoms with Crippen LogP contribution in [-0.2, 0) is 11.2 Å². The van der Waals surface area contributed by atoms with E-state index in [9.17, 15) is 4.79 Å². The van der Waals surface area contributed by atoms with Crippen LogP contribution in [0.15, 0.2) is 36.4 Å². The molecule has 0 amide bonds. The first-order valence-corrected chi connectivity index (χ1v) is 4.45. The van der Waals surface area contributed by atoms with Gasteiger partial charge in [0.1, 0.15) is 5.75 Å². The van der Waals surface area contributed by atoms with Gasteiger partial charge in [-0.1, -0.05) is 18.7 Å². The number of methoxy groups -OCH3 is 1. The SMILES string of the molecule is C=C(C)C(=O)Cc1cccc(OC)c1. The highest BCUT2D eigenvalue weighted by molar-refractivity contribution is 5.95. The Bertz CT molecular complexity index is 353. The number of ether oxygens (including phenoxy) is 1. The van der Waals surface area contributed by atoms with Gasteiger partial charge in [-0.25, -0.2) is 0 Å². The summed E-state index contributed by atoms with van der Waals surface area (Å²) >= 11 is 0. The van der Waals surface area contributed by atoms with E-state index in [1.54, 1.807) is 14.0 Å². The van der Waals surface area contributed by atoms with Gasteiger partial charge in [-0.15, -0.1) is 0 Å². The molecule has 0 spiro atoms. The summed E-state index contributed by atoms with van der Waals surface area (Å²) in [5.74, 6) is 0.843. The van der Waals surface area contributed by atoms with Crippen LogP contribution in [0.1, 0.15) is 12.5 Å². The van der Waals surface area contributed by atoms with Crippen LogP contribution >= 0.6 is 0 Å². The highest BCUT2D eigenvalue weighted by Crippen LogP contribution is 2.13. The molecule has 74 valence electrons. The number of Topliss-reactive ketones (excluding diaryl/α,β-unsaturated/α-hetero) is 1. The maximum Gasteiger partial charge on any atom is 0.162 e. The highest BCUT2D eigenvalue weighted by Gasteiger charge is 2.04. The molecule has 0 unspecified atom stereocenters. The number of hydrogen-bond acceptors (Lipinski definition) is 2. The molecule has 0 aliphatic rings. The van der Waals surface area contributed by atoms with Crippen molar-refractivity contribution in [2.24, 2.45) is 0 Å². The second-order valence-electron chi connectivity index (χ2n) is 3.23. The minimum Gasteiger partial charge on any atom is -0.497 e. The van der Waals surface area contributed by atoms with E-state index < -0.39 is 0 Å². The van der Waals surface area contributed by atoms with Crippen LogP contribution in [0, 0.1) is 0 Å². The maximum atomic E-state index is 11.4. The average molecular weight is 190 g/mol. The molecule has 1 aromatic rings. The first kappa shape index (κ1) is 10.5. The van der Waals surface area contributed by atoms with Gasteiger partial charge in [0.2, 0.25) is 0 Å². The lowest BCUT2D eigenvalue weighted by atomic mass is 10.1. The number of carbonyl (C=O) groups excluding carboxylic acids is 1. The lowest BCUT2D eigenvalue weighted by Gasteiger charge is -2.03. The molecule has 0 saturated heterocycles. The van der Waals surface area contributed by atoms with Crippen molar-refractivity contribution in [3.05, 3.63) is 42.0 Å². The minimum absolute atomic E-state index is 0.0678. The van der Waals surface area contributed by atoms with Crippen molar-refractivity contribution in [3.63, 3.8) is 0 Å². The Morgan fingerprint density at radius 1 is 1.50 bits per heavy atom. The molecule has 1 rings (SSSR count). The van der Waals surface area contributed by atoms with Crippen LogP contribution in [0.2, 0.25) is 0 Å². The van der Waals surface area contributed by atoms with Gasteiger partial charge in [0.15, 0.2) is 5.78 Å². The summed E-state index contributed by atoms with van der Waals surface area (Å²) in [6.45, 7) is 5.34. The van der Waals surface area contributed by atoms with Crippen LogP contribution in [0.25, 0.3) is 0 Å². The third kappa shape index (κ3) is 2.73. The maximum absolute atomic E-state index is 11.4. The summed E-state index contributed by atoms with van der Waals surface area (Å²) in [5, 5.41) is 0. The number of ketones is 1. The van der Waals surface area contributed by atoms with Crippen LogP contribution < -0.4 is 4.74 Å². The number of allylic oxidation sites excluding steroid dienone is 1. The molecule has 0 saturated carbocycles. The second-order valence-corrected chi connectivity index (χ2v) is 3.23. The Hall–Kier alpha value is -1.57. The monoisotopic (exact) mass is 190 g/mol. The number of carbonyl (C=O) groups is 1. The van der Waals surface area contributed by atoms with E-state index in [-0.39, 0.29) is 5.78 Å². The normalized spacial score (nSPS) is 9.57. The summed E-state index contributed by atoms with van der Waals surface area (Å²) in [6.07, 6.45) is 0.395. The molecule has 2 nitrogen and oxygen atoms in total. The smallest absolute Gasteiger partial charge is 0.162 e. The third-order valence-electron chi connectivity index (χ3n) is 1.97. The molecule has 0 bridgehead atoms. The summed E-state index contributed by atoms with van der Waals surface area (Å²) in [6, 6.07) is 7.50. The van der Waals surface area contributed by atoms with Gasteiger partial charge in [-0.3, -0.25) is 4.79 Å². The number of benzene rings is 1. The van der Waals surface area contributed by atoms with E-state index in [1.807, 2.05) is 24.3 Å². The van der Waals surface area contributed by atoms with Crippen molar-refractivity contribution >= 4 is 5.78 Å². The van der Waals surface area contributed by atoms with E-state index in [0.717, 1.165) is 11.3 Å². The van der Waals surface area contributed by atoms with Gasteiger partial charge < -0.3 is 4.74 Å². The van der Waals surface area contributed by atoms with Crippen molar-refractivity contribution in [1.82, 2.24) is 0 Å². The standard InChI is InChI=1S/C12H14O2/c1-9(2)12(13)8-10-5-4-6-11(7-10)14-3/h4-7H,1,8H2,2-3H3. The molecule has 0 aromatic heterocycles. The summed E-state index contributed by atoms with van der Waals surface area (Å²) in [5.41, 5.74) is 1.55. The van der Waals surface area contributed by atoms with E-state index in [4.69, 9.17) is 4.74 Å². The molecule has 0 aliphatic heterocycles. The molecule has 0 heterocycles. The zero-order valence-corrected chi connectivity index (χ0v) is 8.54. The quantitative estimate of drug-likeness (QED) is 0.681. The van der Waals surface area contributed by atoms with E-state index in [1.165, 1.54) is 0 Å². The van der Waals surface area contributed by atoms with Crippen molar-refractivity contribution in [1.29, 1.82) is 0 Å². The predicted molar refractivity (Wildman–Crippen MR) is 56.5 cm³/mol. The molecule has 0 N–H and O–H groups in total.